The van der Waals surface area contributed by atoms with Crippen LogP contribution in [0, 0.1) is 0 Å². The molecule has 1 atom stereocenters. The van der Waals surface area contributed by atoms with Crippen molar-refractivity contribution < 1.29 is 17.9 Å². The summed E-state index contributed by atoms with van der Waals surface area (Å²) in [5.41, 5.74) is 1.01. The molecule has 0 radical (unpaired) electrons. The fourth-order valence-electron chi connectivity index (χ4n) is 2.42. The lowest BCUT2D eigenvalue weighted by atomic mass is 10.2. The third kappa shape index (κ3) is 3.83. The Morgan fingerprint density at radius 1 is 1.16 bits per heavy atom. The summed E-state index contributed by atoms with van der Waals surface area (Å²) >= 11 is 5.11. The zero-order valence-corrected chi connectivity index (χ0v) is 15.2. The van der Waals surface area contributed by atoms with E-state index in [2.05, 4.69) is 0 Å². The van der Waals surface area contributed by atoms with Crippen molar-refractivity contribution in [1.29, 1.82) is 0 Å². The maximum Gasteiger partial charge on any atom is 0.274 e. The second kappa shape index (κ2) is 7.25. The molecular formula is C18H17NO4S2. The standard InChI is InChI=1S/C18H17NO4S2/c1-22-15-9-11-17(12-10-15)25(20,21)19-13-16(23-18(19)24)8-7-14-5-3-2-4-6-14/h2-12,16H,13H2,1H3/b8-7+. The molecule has 1 fully saturated rings. The molecule has 0 aliphatic carbocycles. The van der Waals surface area contributed by atoms with Crippen molar-refractivity contribution in [3.05, 3.63) is 66.2 Å². The topological polar surface area (TPSA) is 55.8 Å². The number of thiocarbonyl (C=S) groups is 1. The lowest BCUT2D eigenvalue weighted by molar-refractivity contribution is 0.287. The summed E-state index contributed by atoms with van der Waals surface area (Å²) in [7, 11) is -2.23. The number of hydrogen-bond donors (Lipinski definition) is 0. The summed E-state index contributed by atoms with van der Waals surface area (Å²) in [6.07, 6.45) is 3.28. The van der Waals surface area contributed by atoms with E-state index in [0.717, 1.165) is 9.87 Å². The second-order valence-electron chi connectivity index (χ2n) is 5.40. The van der Waals surface area contributed by atoms with Crippen molar-refractivity contribution in [2.75, 3.05) is 13.7 Å². The Hall–Kier alpha value is -2.38. The smallest absolute Gasteiger partial charge is 0.274 e. The molecule has 0 bridgehead atoms. The second-order valence-corrected chi connectivity index (χ2v) is 7.62. The zero-order chi connectivity index (χ0) is 17.9. The van der Waals surface area contributed by atoms with Crippen LogP contribution in [0.1, 0.15) is 5.56 Å². The monoisotopic (exact) mass is 375 g/mol. The molecule has 0 spiro atoms. The maximum atomic E-state index is 12.8. The van der Waals surface area contributed by atoms with E-state index in [0.29, 0.717) is 5.75 Å². The van der Waals surface area contributed by atoms with Crippen molar-refractivity contribution >= 4 is 33.5 Å². The quantitative estimate of drug-likeness (QED) is 0.752. The van der Waals surface area contributed by atoms with Gasteiger partial charge in [0.15, 0.2) is 0 Å². The van der Waals surface area contributed by atoms with Gasteiger partial charge in [-0.2, -0.15) is 0 Å². The zero-order valence-electron chi connectivity index (χ0n) is 13.5. The molecule has 5 nitrogen and oxygen atoms in total. The van der Waals surface area contributed by atoms with Crippen LogP contribution >= 0.6 is 12.2 Å². The maximum absolute atomic E-state index is 12.8. The predicted molar refractivity (Wildman–Crippen MR) is 99.8 cm³/mol. The van der Waals surface area contributed by atoms with E-state index in [9.17, 15) is 8.42 Å². The van der Waals surface area contributed by atoms with Gasteiger partial charge in [-0.15, -0.1) is 0 Å². The fraction of sp³-hybridized carbons (Fsp3) is 0.167. The lowest BCUT2D eigenvalue weighted by Gasteiger charge is -2.15. The minimum atomic E-state index is -3.75. The van der Waals surface area contributed by atoms with Crippen LogP contribution in [0.2, 0.25) is 0 Å². The Bertz CT molecular complexity index is 877. The highest BCUT2D eigenvalue weighted by Gasteiger charge is 2.36. The minimum Gasteiger partial charge on any atom is -0.497 e. The van der Waals surface area contributed by atoms with Gasteiger partial charge in [0, 0.05) is 0 Å². The summed E-state index contributed by atoms with van der Waals surface area (Å²) < 4.78 is 37.2. The highest BCUT2D eigenvalue weighted by Crippen LogP contribution is 2.25. The van der Waals surface area contributed by atoms with E-state index in [1.807, 2.05) is 42.5 Å². The average molecular weight is 375 g/mol. The van der Waals surface area contributed by atoms with Crippen LogP contribution in [0.3, 0.4) is 0 Å². The molecule has 130 valence electrons. The molecular weight excluding hydrogens is 358 g/mol. The van der Waals surface area contributed by atoms with Crippen LogP contribution in [-0.4, -0.2) is 37.7 Å². The van der Waals surface area contributed by atoms with Gasteiger partial charge in [-0.3, -0.25) is 0 Å². The number of benzene rings is 2. The molecule has 0 amide bonds. The SMILES string of the molecule is COc1ccc(S(=O)(=O)N2CC(/C=C/c3ccccc3)OC2=S)cc1. The first-order valence-electron chi connectivity index (χ1n) is 7.61. The van der Waals surface area contributed by atoms with Gasteiger partial charge >= 0.3 is 0 Å². The van der Waals surface area contributed by atoms with Crippen molar-refractivity contribution in [2.24, 2.45) is 0 Å². The van der Waals surface area contributed by atoms with Crippen LogP contribution in [0.5, 0.6) is 5.75 Å². The molecule has 0 saturated carbocycles. The number of nitrogens with zero attached hydrogens (tertiary/aromatic N) is 1. The largest absolute Gasteiger partial charge is 0.497 e. The fourth-order valence-corrected chi connectivity index (χ4v) is 4.23. The summed E-state index contributed by atoms with van der Waals surface area (Å²) in [6, 6.07) is 15.9. The highest BCUT2D eigenvalue weighted by molar-refractivity contribution is 7.91. The van der Waals surface area contributed by atoms with Crippen LogP contribution in [0.4, 0.5) is 0 Å². The molecule has 1 aliphatic rings. The Morgan fingerprint density at radius 2 is 1.84 bits per heavy atom. The first kappa shape index (κ1) is 17.4. The number of methoxy groups -OCH3 is 1. The Labute approximate surface area is 152 Å². The van der Waals surface area contributed by atoms with Crippen molar-refractivity contribution in [1.82, 2.24) is 4.31 Å². The van der Waals surface area contributed by atoms with Gasteiger partial charge in [0.25, 0.3) is 15.2 Å². The molecule has 3 rings (SSSR count). The van der Waals surface area contributed by atoms with E-state index >= 15 is 0 Å². The number of ether oxygens (including phenoxy) is 2. The average Bonchev–Trinajstić information content (AvgIpc) is 3.02. The number of hydrogen-bond acceptors (Lipinski definition) is 5. The Kier molecular flexibility index (Phi) is 5.06. The van der Waals surface area contributed by atoms with Gasteiger partial charge in [0.1, 0.15) is 11.9 Å². The van der Waals surface area contributed by atoms with Gasteiger partial charge in [-0.1, -0.05) is 36.4 Å². The lowest BCUT2D eigenvalue weighted by Crippen LogP contribution is -2.32. The molecule has 0 N–H and O–H groups in total. The van der Waals surface area contributed by atoms with Gasteiger partial charge < -0.3 is 9.47 Å². The van der Waals surface area contributed by atoms with Gasteiger partial charge in [0.2, 0.25) is 0 Å². The van der Waals surface area contributed by atoms with Crippen LogP contribution in [-0.2, 0) is 14.8 Å². The predicted octanol–water partition coefficient (Wildman–Crippen LogP) is 3.08. The van der Waals surface area contributed by atoms with Gasteiger partial charge in [-0.25, -0.2) is 12.7 Å². The van der Waals surface area contributed by atoms with Crippen molar-refractivity contribution in [3.8, 4) is 5.75 Å². The van der Waals surface area contributed by atoms with Crippen LogP contribution in [0.25, 0.3) is 6.08 Å². The number of rotatable bonds is 5. The third-order valence-electron chi connectivity index (χ3n) is 3.75. The van der Waals surface area contributed by atoms with Gasteiger partial charge in [0.05, 0.1) is 18.6 Å². The normalized spacial score (nSPS) is 17.7. The van der Waals surface area contributed by atoms with E-state index < -0.39 is 16.1 Å². The summed E-state index contributed by atoms with van der Waals surface area (Å²) in [5, 5.41) is -0.0430. The summed E-state index contributed by atoms with van der Waals surface area (Å²) in [6.45, 7) is 0.149. The van der Waals surface area contributed by atoms with Gasteiger partial charge in [-0.05, 0) is 48.1 Å². The molecule has 25 heavy (non-hydrogen) atoms. The Morgan fingerprint density at radius 3 is 2.48 bits per heavy atom. The molecule has 7 heteroatoms. The molecule has 1 unspecified atom stereocenters. The van der Waals surface area contributed by atoms with Crippen LogP contribution < -0.4 is 4.74 Å². The number of sulfonamides is 1. The summed E-state index contributed by atoms with van der Waals surface area (Å²) in [4.78, 5) is 0.145. The molecule has 0 aromatic heterocycles. The minimum absolute atomic E-state index is 0.0430. The summed E-state index contributed by atoms with van der Waals surface area (Å²) in [5.74, 6) is 0.586. The molecule has 1 aliphatic heterocycles. The molecule has 2 aromatic carbocycles. The van der Waals surface area contributed by atoms with Crippen LogP contribution in [0.15, 0.2) is 65.6 Å². The van der Waals surface area contributed by atoms with E-state index in [1.165, 1.54) is 19.2 Å². The third-order valence-corrected chi connectivity index (χ3v) is 5.95. The van der Waals surface area contributed by atoms with E-state index in [1.54, 1.807) is 12.1 Å². The van der Waals surface area contributed by atoms with E-state index in [-0.39, 0.29) is 16.6 Å². The highest BCUT2D eigenvalue weighted by atomic mass is 32.2. The first-order valence-corrected chi connectivity index (χ1v) is 9.46. The van der Waals surface area contributed by atoms with Crippen molar-refractivity contribution in [3.63, 3.8) is 0 Å². The molecule has 2 aromatic rings. The van der Waals surface area contributed by atoms with Crippen molar-refractivity contribution in [2.45, 2.75) is 11.0 Å². The first-order chi connectivity index (χ1) is 12.0. The molecule has 1 heterocycles. The molecule has 1 saturated heterocycles. The Balaban J connectivity index is 1.76. The van der Waals surface area contributed by atoms with E-state index in [4.69, 9.17) is 21.7 Å².